The number of aryl methyl sites for hydroxylation is 1. The molecule has 1 heteroatoms. The van der Waals surface area contributed by atoms with Gasteiger partial charge in [0.1, 0.15) is 0 Å². The monoisotopic (exact) mass is 286 g/mol. The van der Waals surface area contributed by atoms with E-state index in [4.69, 9.17) is 0 Å². The molecule has 13 heavy (non-hydrogen) atoms. The molecule has 0 nitrogen and oxygen atoms in total. The number of halogens is 1. The lowest BCUT2D eigenvalue weighted by Gasteiger charge is -2.00. The molecule has 0 aliphatic rings. The molecule has 0 aromatic heterocycles. The maximum atomic E-state index is 3.72. The van der Waals surface area contributed by atoms with E-state index in [2.05, 4.69) is 53.4 Å². The fourth-order valence-electron chi connectivity index (χ4n) is 1.31. The third-order valence-electron chi connectivity index (χ3n) is 2.01. The summed E-state index contributed by atoms with van der Waals surface area (Å²) in [6, 6.07) is 8.73. The maximum absolute atomic E-state index is 3.72. The molecule has 0 saturated carbocycles. The molecule has 70 valence electrons. The molecule has 0 heterocycles. The molecule has 0 aliphatic heterocycles. The van der Waals surface area contributed by atoms with Crippen molar-refractivity contribution in [2.75, 3.05) is 0 Å². The van der Waals surface area contributed by atoms with Crippen LogP contribution in [0.15, 0.2) is 36.9 Å². The van der Waals surface area contributed by atoms with Gasteiger partial charge < -0.3 is 0 Å². The molecular formula is C12H15I. The van der Waals surface area contributed by atoms with Gasteiger partial charge >= 0.3 is 0 Å². The summed E-state index contributed by atoms with van der Waals surface area (Å²) in [5.74, 6) is 0. The first kappa shape index (κ1) is 10.8. The fourth-order valence-corrected chi connectivity index (χ4v) is 1.92. The Bertz CT molecular complexity index is 266. The molecule has 0 aliphatic carbocycles. The molecule has 0 bridgehead atoms. The second kappa shape index (κ2) is 6.19. The summed E-state index contributed by atoms with van der Waals surface area (Å²) >= 11 is 2.36. The average molecular weight is 286 g/mol. The van der Waals surface area contributed by atoms with Crippen molar-refractivity contribution in [2.45, 2.75) is 25.7 Å². The molecule has 1 aromatic carbocycles. The Morgan fingerprint density at radius 3 is 2.85 bits per heavy atom. The van der Waals surface area contributed by atoms with Gasteiger partial charge in [0, 0.05) is 3.57 Å². The highest BCUT2D eigenvalue weighted by Gasteiger charge is 1.93. The lowest BCUT2D eigenvalue weighted by atomic mass is 10.1. The van der Waals surface area contributed by atoms with Crippen molar-refractivity contribution >= 4 is 22.6 Å². The normalized spacial score (nSPS) is 9.92. The fraction of sp³-hybridized carbons (Fsp3) is 0.333. The molecule has 0 unspecified atom stereocenters. The highest BCUT2D eigenvalue weighted by atomic mass is 127. The summed E-state index contributed by atoms with van der Waals surface area (Å²) < 4.78 is 1.33. The second-order valence-corrected chi connectivity index (χ2v) is 4.41. The van der Waals surface area contributed by atoms with Crippen molar-refractivity contribution in [2.24, 2.45) is 0 Å². The standard InChI is InChI=1S/C12H15I/c1-2-3-4-5-7-11-8-6-9-12(13)10-11/h2,6,8-10H,1,3-5,7H2. The van der Waals surface area contributed by atoms with E-state index in [1.54, 1.807) is 0 Å². The first-order chi connectivity index (χ1) is 6.33. The largest absolute Gasteiger partial charge is 0.103 e. The van der Waals surface area contributed by atoms with Gasteiger partial charge in [-0.15, -0.1) is 6.58 Å². The number of hydrogen-bond acceptors (Lipinski definition) is 0. The van der Waals surface area contributed by atoms with Crippen molar-refractivity contribution < 1.29 is 0 Å². The van der Waals surface area contributed by atoms with Crippen molar-refractivity contribution in [3.8, 4) is 0 Å². The van der Waals surface area contributed by atoms with E-state index >= 15 is 0 Å². The molecule has 0 fully saturated rings. The molecule has 0 spiro atoms. The summed E-state index contributed by atoms with van der Waals surface area (Å²) in [4.78, 5) is 0. The molecule has 0 amide bonds. The summed E-state index contributed by atoms with van der Waals surface area (Å²) in [6.45, 7) is 3.72. The van der Waals surface area contributed by atoms with Gasteiger partial charge in [-0.2, -0.15) is 0 Å². The van der Waals surface area contributed by atoms with Crippen molar-refractivity contribution in [3.63, 3.8) is 0 Å². The summed E-state index contributed by atoms with van der Waals surface area (Å²) in [5, 5.41) is 0. The quantitative estimate of drug-likeness (QED) is 0.432. The van der Waals surface area contributed by atoms with Gasteiger partial charge in [-0.25, -0.2) is 0 Å². The van der Waals surface area contributed by atoms with E-state index in [-0.39, 0.29) is 0 Å². The molecule has 1 rings (SSSR count). The van der Waals surface area contributed by atoms with Crippen molar-refractivity contribution in [1.82, 2.24) is 0 Å². The molecule has 1 aromatic rings. The van der Waals surface area contributed by atoms with Crippen LogP contribution in [0.25, 0.3) is 0 Å². The second-order valence-electron chi connectivity index (χ2n) is 3.16. The van der Waals surface area contributed by atoms with E-state index in [1.165, 1.54) is 28.4 Å². The summed E-state index contributed by atoms with van der Waals surface area (Å²) in [5.41, 5.74) is 1.45. The third kappa shape index (κ3) is 4.46. The Hall–Kier alpha value is -0.310. The molecule has 0 radical (unpaired) electrons. The Kier molecular flexibility index (Phi) is 5.13. The molecule has 0 saturated heterocycles. The Morgan fingerprint density at radius 2 is 2.15 bits per heavy atom. The Morgan fingerprint density at radius 1 is 1.31 bits per heavy atom. The highest BCUT2D eigenvalue weighted by molar-refractivity contribution is 14.1. The van der Waals surface area contributed by atoms with Crippen LogP contribution in [-0.2, 0) is 6.42 Å². The minimum Gasteiger partial charge on any atom is -0.103 e. The van der Waals surface area contributed by atoms with Crippen LogP contribution in [0.3, 0.4) is 0 Å². The third-order valence-corrected chi connectivity index (χ3v) is 2.68. The predicted molar refractivity (Wildman–Crippen MR) is 66.9 cm³/mol. The average Bonchev–Trinajstić information content (AvgIpc) is 2.13. The Balaban J connectivity index is 2.32. The van der Waals surface area contributed by atoms with E-state index in [0.717, 1.165) is 6.42 Å². The number of hydrogen-bond donors (Lipinski definition) is 0. The van der Waals surface area contributed by atoms with Crippen LogP contribution in [0.2, 0.25) is 0 Å². The van der Waals surface area contributed by atoms with Gasteiger partial charge in [0.15, 0.2) is 0 Å². The van der Waals surface area contributed by atoms with Crippen molar-refractivity contribution in [1.29, 1.82) is 0 Å². The van der Waals surface area contributed by atoms with Crippen LogP contribution in [0.4, 0.5) is 0 Å². The molecular weight excluding hydrogens is 271 g/mol. The van der Waals surface area contributed by atoms with Crippen LogP contribution in [0.5, 0.6) is 0 Å². The van der Waals surface area contributed by atoms with E-state index < -0.39 is 0 Å². The van der Waals surface area contributed by atoms with Gasteiger partial charge in [-0.3, -0.25) is 0 Å². The minimum atomic E-state index is 1.14. The smallest absolute Gasteiger partial charge is 0.0133 e. The number of unbranched alkanes of at least 4 members (excludes halogenated alkanes) is 2. The highest BCUT2D eigenvalue weighted by Crippen LogP contribution is 2.11. The number of rotatable bonds is 5. The van der Waals surface area contributed by atoms with Crippen LogP contribution in [0.1, 0.15) is 24.8 Å². The topological polar surface area (TPSA) is 0 Å². The lowest BCUT2D eigenvalue weighted by molar-refractivity contribution is 0.748. The molecule has 0 N–H and O–H groups in total. The van der Waals surface area contributed by atoms with Gasteiger partial charge in [-0.1, -0.05) is 18.2 Å². The van der Waals surface area contributed by atoms with Crippen LogP contribution in [-0.4, -0.2) is 0 Å². The predicted octanol–water partition coefficient (Wildman–Crippen LogP) is 4.19. The van der Waals surface area contributed by atoms with Crippen LogP contribution in [0, 0.1) is 3.57 Å². The van der Waals surface area contributed by atoms with E-state index in [1.807, 2.05) is 6.08 Å². The number of benzene rings is 1. The zero-order valence-corrected chi connectivity index (χ0v) is 9.96. The lowest BCUT2D eigenvalue weighted by Crippen LogP contribution is -1.85. The van der Waals surface area contributed by atoms with Gasteiger partial charge in [-0.05, 0) is 66.0 Å². The van der Waals surface area contributed by atoms with Crippen molar-refractivity contribution in [3.05, 3.63) is 46.1 Å². The van der Waals surface area contributed by atoms with E-state index in [0.29, 0.717) is 0 Å². The zero-order chi connectivity index (χ0) is 9.52. The summed E-state index contributed by atoms with van der Waals surface area (Å²) in [6.07, 6.45) is 6.87. The first-order valence-corrected chi connectivity index (χ1v) is 5.76. The van der Waals surface area contributed by atoms with Gasteiger partial charge in [0.25, 0.3) is 0 Å². The first-order valence-electron chi connectivity index (χ1n) is 4.68. The number of allylic oxidation sites excluding steroid dienone is 1. The van der Waals surface area contributed by atoms with Gasteiger partial charge in [0.05, 0.1) is 0 Å². The van der Waals surface area contributed by atoms with Crippen LogP contribution >= 0.6 is 22.6 Å². The zero-order valence-electron chi connectivity index (χ0n) is 7.80. The minimum absolute atomic E-state index is 1.14. The summed E-state index contributed by atoms with van der Waals surface area (Å²) in [7, 11) is 0. The SMILES string of the molecule is C=CCCCCc1cccc(I)c1. The molecule has 0 atom stereocenters. The maximum Gasteiger partial charge on any atom is 0.0133 e. The Labute approximate surface area is 94.2 Å². The van der Waals surface area contributed by atoms with Gasteiger partial charge in [0.2, 0.25) is 0 Å². The van der Waals surface area contributed by atoms with Crippen LogP contribution < -0.4 is 0 Å². The van der Waals surface area contributed by atoms with E-state index in [9.17, 15) is 0 Å².